The zero-order valence-corrected chi connectivity index (χ0v) is 13.0. The van der Waals surface area contributed by atoms with Crippen molar-refractivity contribution in [3.8, 4) is 0 Å². The number of carbonyl (C=O) groups excluding carboxylic acids is 2. The Morgan fingerprint density at radius 2 is 1.95 bits per heavy atom. The summed E-state index contributed by atoms with van der Waals surface area (Å²) in [6.07, 6.45) is 0.607. The lowest BCUT2D eigenvalue weighted by molar-refractivity contribution is -0.140. The standard InChI is InChI=1S/C15H16ClNO5/c1-20-13(18)9-12(15(19)21-2)17-7-8-22-14(17)10-3-5-11(16)6-4-10/h3-6,9,14H,7-8H2,1-2H3/b12-9+. The second kappa shape index (κ2) is 7.29. The number of benzene rings is 1. The van der Waals surface area contributed by atoms with Gasteiger partial charge in [0.1, 0.15) is 5.70 Å². The van der Waals surface area contributed by atoms with Crippen LogP contribution in [-0.2, 0) is 23.8 Å². The molecule has 0 amide bonds. The topological polar surface area (TPSA) is 65.1 Å². The summed E-state index contributed by atoms with van der Waals surface area (Å²) in [7, 11) is 2.49. The summed E-state index contributed by atoms with van der Waals surface area (Å²) >= 11 is 5.88. The van der Waals surface area contributed by atoms with Crippen molar-refractivity contribution in [2.75, 3.05) is 27.4 Å². The smallest absolute Gasteiger partial charge is 0.354 e. The predicted octanol–water partition coefficient (Wildman–Crippen LogP) is 1.90. The van der Waals surface area contributed by atoms with Crippen LogP contribution in [0.4, 0.5) is 0 Å². The molecular formula is C15H16ClNO5. The van der Waals surface area contributed by atoms with E-state index < -0.39 is 18.2 Å². The maximum atomic E-state index is 12.0. The molecule has 0 aliphatic carbocycles. The van der Waals surface area contributed by atoms with Gasteiger partial charge in [0.2, 0.25) is 0 Å². The number of carbonyl (C=O) groups is 2. The Bertz CT molecular complexity index is 584. The quantitative estimate of drug-likeness (QED) is 0.622. The molecule has 0 radical (unpaired) electrons. The molecule has 0 N–H and O–H groups in total. The molecule has 0 saturated carbocycles. The Hall–Kier alpha value is -2.05. The molecule has 1 fully saturated rings. The van der Waals surface area contributed by atoms with Crippen molar-refractivity contribution in [3.05, 3.63) is 46.6 Å². The molecular weight excluding hydrogens is 310 g/mol. The number of halogens is 1. The first kappa shape index (κ1) is 16.3. The van der Waals surface area contributed by atoms with E-state index in [9.17, 15) is 9.59 Å². The Kier molecular flexibility index (Phi) is 5.41. The summed E-state index contributed by atoms with van der Waals surface area (Å²) < 4.78 is 15.0. The van der Waals surface area contributed by atoms with E-state index in [-0.39, 0.29) is 5.70 Å². The molecule has 1 atom stereocenters. The number of ether oxygens (including phenoxy) is 3. The van der Waals surface area contributed by atoms with Crippen LogP contribution in [0, 0.1) is 0 Å². The zero-order valence-electron chi connectivity index (χ0n) is 12.2. The van der Waals surface area contributed by atoms with Gasteiger partial charge < -0.3 is 19.1 Å². The molecule has 7 heteroatoms. The van der Waals surface area contributed by atoms with Crippen molar-refractivity contribution < 1.29 is 23.8 Å². The molecule has 22 heavy (non-hydrogen) atoms. The number of nitrogens with zero attached hydrogens (tertiary/aromatic N) is 1. The van der Waals surface area contributed by atoms with E-state index in [1.807, 2.05) is 0 Å². The Labute approximate surface area is 133 Å². The average molecular weight is 326 g/mol. The van der Waals surface area contributed by atoms with Crippen molar-refractivity contribution in [3.63, 3.8) is 0 Å². The van der Waals surface area contributed by atoms with Crippen LogP contribution in [0.25, 0.3) is 0 Å². The normalized spacial score (nSPS) is 18.2. The Morgan fingerprint density at radius 1 is 1.27 bits per heavy atom. The van der Waals surface area contributed by atoms with Gasteiger partial charge in [0.15, 0.2) is 6.23 Å². The molecule has 6 nitrogen and oxygen atoms in total. The van der Waals surface area contributed by atoms with Gasteiger partial charge in [0, 0.05) is 17.1 Å². The Balaban J connectivity index is 2.33. The fourth-order valence-corrected chi connectivity index (χ4v) is 2.28. The largest absolute Gasteiger partial charge is 0.466 e. The minimum Gasteiger partial charge on any atom is -0.466 e. The number of methoxy groups -OCH3 is 2. The van der Waals surface area contributed by atoms with Crippen LogP contribution in [0.3, 0.4) is 0 Å². The zero-order chi connectivity index (χ0) is 16.1. The van der Waals surface area contributed by atoms with Crippen molar-refractivity contribution in [1.29, 1.82) is 0 Å². The minimum atomic E-state index is -0.637. The summed E-state index contributed by atoms with van der Waals surface area (Å²) in [5.74, 6) is -1.27. The third-order valence-electron chi connectivity index (χ3n) is 3.21. The molecule has 1 aliphatic rings. The third kappa shape index (κ3) is 3.58. The fraction of sp³-hybridized carbons (Fsp3) is 0.333. The summed E-state index contributed by atoms with van der Waals surface area (Å²) in [6, 6.07) is 7.08. The van der Waals surface area contributed by atoms with Gasteiger partial charge in [-0.2, -0.15) is 0 Å². The molecule has 0 aromatic heterocycles. The number of rotatable bonds is 4. The van der Waals surface area contributed by atoms with Gasteiger partial charge in [0.05, 0.1) is 26.9 Å². The first-order chi connectivity index (χ1) is 10.6. The van der Waals surface area contributed by atoms with Gasteiger partial charge in [-0.15, -0.1) is 0 Å². The molecule has 1 unspecified atom stereocenters. The lowest BCUT2D eigenvalue weighted by Gasteiger charge is -2.26. The molecule has 0 spiro atoms. The van der Waals surface area contributed by atoms with Crippen molar-refractivity contribution in [2.24, 2.45) is 0 Å². The van der Waals surface area contributed by atoms with Crippen LogP contribution in [0.2, 0.25) is 5.02 Å². The van der Waals surface area contributed by atoms with Crippen LogP contribution in [0.15, 0.2) is 36.0 Å². The maximum Gasteiger partial charge on any atom is 0.354 e. The van der Waals surface area contributed by atoms with Crippen molar-refractivity contribution >= 4 is 23.5 Å². The fourth-order valence-electron chi connectivity index (χ4n) is 2.15. The lowest BCUT2D eigenvalue weighted by Crippen LogP contribution is -2.29. The van der Waals surface area contributed by atoms with E-state index in [1.165, 1.54) is 14.2 Å². The molecule has 0 bridgehead atoms. The highest BCUT2D eigenvalue weighted by Gasteiger charge is 2.32. The highest BCUT2D eigenvalue weighted by Crippen LogP contribution is 2.31. The summed E-state index contributed by atoms with van der Waals surface area (Å²) in [4.78, 5) is 25.1. The Morgan fingerprint density at radius 3 is 2.55 bits per heavy atom. The van der Waals surface area contributed by atoms with Gasteiger partial charge in [-0.1, -0.05) is 23.7 Å². The number of esters is 2. The minimum absolute atomic E-state index is 0.0896. The summed E-state index contributed by atoms with van der Waals surface area (Å²) in [5.41, 5.74) is 0.911. The van der Waals surface area contributed by atoms with Gasteiger partial charge in [-0.3, -0.25) is 0 Å². The molecule has 1 aromatic rings. The molecule has 1 heterocycles. The number of hydrogen-bond acceptors (Lipinski definition) is 6. The van der Waals surface area contributed by atoms with Crippen LogP contribution >= 0.6 is 11.6 Å². The van der Waals surface area contributed by atoms with Crippen LogP contribution < -0.4 is 0 Å². The first-order valence-electron chi connectivity index (χ1n) is 6.58. The van der Waals surface area contributed by atoms with E-state index in [0.29, 0.717) is 18.2 Å². The summed E-state index contributed by atoms with van der Waals surface area (Å²) in [5, 5.41) is 0.603. The van der Waals surface area contributed by atoms with E-state index in [0.717, 1.165) is 11.6 Å². The van der Waals surface area contributed by atoms with Crippen LogP contribution in [0.1, 0.15) is 11.8 Å². The molecule has 1 aromatic carbocycles. The van der Waals surface area contributed by atoms with E-state index >= 15 is 0 Å². The third-order valence-corrected chi connectivity index (χ3v) is 3.46. The highest BCUT2D eigenvalue weighted by molar-refractivity contribution is 6.30. The summed E-state index contributed by atoms with van der Waals surface area (Å²) in [6.45, 7) is 0.869. The first-order valence-corrected chi connectivity index (χ1v) is 6.96. The van der Waals surface area contributed by atoms with Gasteiger partial charge in [-0.25, -0.2) is 9.59 Å². The van der Waals surface area contributed by atoms with Gasteiger partial charge >= 0.3 is 11.9 Å². The molecule has 1 saturated heterocycles. The molecule has 1 aliphatic heterocycles. The highest BCUT2D eigenvalue weighted by atomic mass is 35.5. The second-order valence-corrected chi connectivity index (χ2v) is 4.95. The number of hydrogen-bond donors (Lipinski definition) is 0. The van der Waals surface area contributed by atoms with E-state index in [1.54, 1.807) is 29.2 Å². The van der Waals surface area contributed by atoms with Crippen LogP contribution in [0.5, 0.6) is 0 Å². The average Bonchev–Trinajstić information content (AvgIpc) is 3.01. The SMILES string of the molecule is COC(=O)/C=C(\C(=O)OC)N1CCOC1c1ccc(Cl)cc1. The van der Waals surface area contributed by atoms with E-state index in [2.05, 4.69) is 4.74 Å². The second-order valence-electron chi connectivity index (χ2n) is 4.51. The van der Waals surface area contributed by atoms with Crippen LogP contribution in [-0.4, -0.2) is 44.2 Å². The van der Waals surface area contributed by atoms with Crippen molar-refractivity contribution in [2.45, 2.75) is 6.23 Å². The predicted molar refractivity (Wildman–Crippen MR) is 79.0 cm³/mol. The van der Waals surface area contributed by atoms with Crippen molar-refractivity contribution in [1.82, 2.24) is 4.90 Å². The van der Waals surface area contributed by atoms with Gasteiger partial charge in [-0.05, 0) is 12.1 Å². The maximum absolute atomic E-state index is 12.0. The molecule has 2 rings (SSSR count). The lowest BCUT2D eigenvalue weighted by atomic mass is 10.1. The van der Waals surface area contributed by atoms with E-state index in [4.69, 9.17) is 21.1 Å². The van der Waals surface area contributed by atoms with Gasteiger partial charge in [0.25, 0.3) is 0 Å². The monoisotopic (exact) mass is 325 g/mol. The molecule has 118 valence electrons.